The third-order valence-corrected chi connectivity index (χ3v) is 2.90. The van der Waals surface area contributed by atoms with Gasteiger partial charge in [-0.15, -0.1) is 0 Å². The van der Waals surface area contributed by atoms with Crippen LogP contribution in [0.5, 0.6) is 0 Å². The molecule has 0 atom stereocenters. The number of ether oxygens (including phenoxy) is 1. The van der Waals surface area contributed by atoms with Crippen LogP contribution in [-0.2, 0) is 19.1 Å². The molecule has 1 N–H and O–H groups in total. The van der Waals surface area contributed by atoms with E-state index in [4.69, 9.17) is 5.11 Å². The van der Waals surface area contributed by atoms with Crippen molar-refractivity contribution >= 4 is 17.9 Å². The number of hydrogen-bond donors (Lipinski definition) is 1. The highest BCUT2D eigenvalue weighted by molar-refractivity contribution is 5.91. The molecule has 0 aliphatic heterocycles. The molecule has 0 fully saturated rings. The lowest BCUT2D eigenvalue weighted by Gasteiger charge is -2.02. The Morgan fingerprint density at radius 1 is 0.850 bits per heavy atom. The second kappa shape index (κ2) is 12.4. The van der Waals surface area contributed by atoms with Crippen molar-refractivity contribution in [1.29, 1.82) is 0 Å². The van der Waals surface area contributed by atoms with Gasteiger partial charge in [0.2, 0.25) is 0 Å². The summed E-state index contributed by atoms with van der Waals surface area (Å²) in [5.74, 6) is -1.92. The molecule has 0 radical (unpaired) electrons. The van der Waals surface area contributed by atoms with Crippen LogP contribution in [0.25, 0.3) is 0 Å². The molecular weight excluding hydrogens is 260 g/mol. The van der Waals surface area contributed by atoms with E-state index >= 15 is 0 Å². The molecule has 20 heavy (non-hydrogen) atoms. The van der Waals surface area contributed by atoms with Crippen molar-refractivity contribution in [2.24, 2.45) is 0 Å². The van der Waals surface area contributed by atoms with E-state index in [2.05, 4.69) is 11.3 Å². The number of unbranched alkanes of at least 4 members (excludes halogenated alkanes) is 7. The van der Waals surface area contributed by atoms with Gasteiger partial charge in [-0.1, -0.05) is 45.1 Å². The monoisotopic (exact) mass is 284 g/mol. The molecule has 0 rings (SSSR count). The molecule has 0 bridgehead atoms. The van der Waals surface area contributed by atoms with Crippen molar-refractivity contribution in [3.63, 3.8) is 0 Å². The van der Waals surface area contributed by atoms with Gasteiger partial charge < -0.3 is 9.84 Å². The summed E-state index contributed by atoms with van der Waals surface area (Å²) in [6.45, 7) is 3.22. The van der Waals surface area contributed by atoms with Crippen molar-refractivity contribution in [1.82, 2.24) is 0 Å². The summed E-state index contributed by atoms with van der Waals surface area (Å²) < 4.78 is 4.45. The fourth-order valence-corrected chi connectivity index (χ4v) is 1.81. The Kier molecular flexibility index (Phi) is 11.4. The van der Waals surface area contributed by atoms with Crippen LogP contribution >= 0.6 is 0 Å². The minimum atomic E-state index is -0.730. The first-order valence-electron chi connectivity index (χ1n) is 7.15. The second-order valence-corrected chi connectivity index (χ2v) is 4.72. The molecule has 0 spiro atoms. The van der Waals surface area contributed by atoms with Crippen LogP contribution in [0.2, 0.25) is 0 Å². The van der Waals surface area contributed by atoms with Gasteiger partial charge in [-0.2, -0.15) is 0 Å². The van der Waals surface area contributed by atoms with Gasteiger partial charge in [0.15, 0.2) is 0 Å². The van der Waals surface area contributed by atoms with Crippen molar-refractivity contribution in [3.05, 3.63) is 12.7 Å². The van der Waals surface area contributed by atoms with Gasteiger partial charge in [0.1, 0.15) is 0 Å². The summed E-state index contributed by atoms with van der Waals surface area (Å²) in [6, 6.07) is 0. The highest BCUT2D eigenvalue weighted by Crippen LogP contribution is 2.10. The average Bonchev–Trinajstić information content (AvgIpc) is 2.40. The quantitative estimate of drug-likeness (QED) is 0.257. The molecular formula is C15H24O5. The van der Waals surface area contributed by atoms with E-state index in [9.17, 15) is 14.4 Å². The summed E-state index contributed by atoms with van der Waals surface area (Å²) >= 11 is 0. The van der Waals surface area contributed by atoms with E-state index in [1.54, 1.807) is 0 Å². The predicted molar refractivity (Wildman–Crippen MR) is 75.1 cm³/mol. The van der Waals surface area contributed by atoms with Crippen LogP contribution in [0.3, 0.4) is 0 Å². The third kappa shape index (κ3) is 12.8. The summed E-state index contributed by atoms with van der Waals surface area (Å²) in [5, 5.41) is 8.46. The van der Waals surface area contributed by atoms with Crippen molar-refractivity contribution in [3.8, 4) is 0 Å². The normalized spacial score (nSPS) is 10.0. The van der Waals surface area contributed by atoms with Crippen molar-refractivity contribution in [2.75, 3.05) is 0 Å². The largest absolute Gasteiger partial charge is 0.481 e. The summed E-state index contributed by atoms with van der Waals surface area (Å²) in [6.07, 6.45) is 9.15. The molecule has 0 saturated heterocycles. The zero-order chi connectivity index (χ0) is 15.2. The van der Waals surface area contributed by atoms with E-state index in [1.807, 2.05) is 0 Å². The maximum atomic E-state index is 11.1. The van der Waals surface area contributed by atoms with E-state index in [0.29, 0.717) is 0 Å². The zero-order valence-corrected chi connectivity index (χ0v) is 11.9. The lowest BCUT2D eigenvalue weighted by molar-refractivity contribution is -0.156. The number of carboxylic acid groups (broad SMARTS) is 1. The second-order valence-electron chi connectivity index (χ2n) is 4.72. The number of carbonyl (C=O) groups is 3. The highest BCUT2D eigenvalue weighted by atomic mass is 16.6. The Morgan fingerprint density at radius 2 is 1.30 bits per heavy atom. The fraction of sp³-hybridized carbons (Fsp3) is 0.667. The summed E-state index contributed by atoms with van der Waals surface area (Å²) in [7, 11) is 0. The van der Waals surface area contributed by atoms with E-state index in [0.717, 1.165) is 57.4 Å². The average molecular weight is 284 g/mol. The molecule has 0 saturated carbocycles. The molecule has 5 heteroatoms. The molecule has 0 amide bonds. The zero-order valence-electron chi connectivity index (χ0n) is 11.9. The first kappa shape index (κ1) is 18.4. The summed E-state index contributed by atoms with van der Waals surface area (Å²) in [4.78, 5) is 32.1. The van der Waals surface area contributed by atoms with Gasteiger partial charge >= 0.3 is 17.9 Å². The number of rotatable bonds is 12. The Labute approximate surface area is 120 Å². The number of aliphatic carboxylic acids is 1. The number of carboxylic acids is 1. The minimum Gasteiger partial charge on any atom is -0.481 e. The smallest absolute Gasteiger partial charge is 0.337 e. The standard InChI is InChI=1S/C15H24O5/c1-2-14(18)20-15(19)12-10-8-6-4-3-5-7-9-11-13(16)17/h2H,1,3-12H2,(H,16,17). The van der Waals surface area contributed by atoms with E-state index in [-0.39, 0.29) is 12.8 Å². The molecule has 114 valence electrons. The van der Waals surface area contributed by atoms with Gasteiger partial charge in [0, 0.05) is 18.9 Å². The van der Waals surface area contributed by atoms with Crippen LogP contribution in [0.1, 0.15) is 64.2 Å². The molecule has 0 aromatic rings. The van der Waals surface area contributed by atoms with Gasteiger partial charge in [-0.05, 0) is 12.8 Å². The van der Waals surface area contributed by atoms with Crippen LogP contribution in [-0.4, -0.2) is 23.0 Å². The van der Waals surface area contributed by atoms with Crippen molar-refractivity contribution < 1.29 is 24.2 Å². The Morgan fingerprint density at radius 3 is 1.75 bits per heavy atom. The van der Waals surface area contributed by atoms with Crippen LogP contribution in [0.15, 0.2) is 12.7 Å². The minimum absolute atomic E-state index is 0.255. The predicted octanol–water partition coefficient (Wildman–Crippen LogP) is 3.23. The van der Waals surface area contributed by atoms with E-state index < -0.39 is 17.9 Å². The van der Waals surface area contributed by atoms with Gasteiger partial charge in [-0.3, -0.25) is 9.59 Å². The molecule has 0 aromatic carbocycles. The maximum absolute atomic E-state index is 11.1. The SMILES string of the molecule is C=CC(=O)OC(=O)CCCCCCCCCCC(=O)O. The number of esters is 2. The first-order chi connectivity index (χ1) is 9.56. The molecule has 0 unspecified atom stereocenters. The molecule has 5 nitrogen and oxygen atoms in total. The maximum Gasteiger partial charge on any atom is 0.337 e. The van der Waals surface area contributed by atoms with Gasteiger partial charge in [0.25, 0.3) is 0 Å². The fourth-order valence-electron chi connectivity index (χ4n) is 1.81. The van der Waals surface area contributed by atoms with E-state index in [1.165, 1.54) is 0 Å². The molecule has 0 aliphatic rings. The van der Waals surface area contributed by atoms with Gasteiger partial charge in [0.05, 0.1) is 0 Å². The molecule has 0 aromatic heterocycles. The first-order valence-corrected chi connectivity index (χ1v) is 7.15. The number of hydrogen-bond acceptors (Lipinski definition) is 4. The Balaban J connectivity index is 3.24. The molecule has 0 heterocycles. The Bertz CT molecular complexity index is 322. The lowest BCUT2D eigenvalue weighted by atomic mass is 10.1. The summed E-state index contributed by atoms with van der Waals surface area (Å²) in [5.41, 5.74) is 0. The lowest BCUT2D eigenvalue weighted by Crippen LogP contribution is -2.09. The Hall–Kier alpha value is -1.65. The van der Waals surface area contributed by atoms with Crippen LogP contribution in [0, 0.1) is 0 Å². The highest BCUT2D eigenvalue weighted by Gasteiger charge is 2.06. The van der Waals surface area contributed by atoms with Crippen LogP contribution < -0.4 is 0 Å². The third-order valence-electron chi connectivity index (χ3n) is 2.90. The van der Waals surface area contributed by atoms with Crippen LogP contribution in [0.4, 0.5) is 0 Å². The topological polar surface area (TPSA) is 80.7 Å². The molecule has 0 aliphatic carbocycles. The van der Waals surface area contributed by atoms with Crippen molar-refractivity contribution in [2.45, 2.75) is 64.2 Å². The number of carbonyl (C=O) groups excluding carboxylic acids is 2. The van der Waals surface area contributed by atoms with Gasteiger partial charge in [-0.25, -0.2) is 4.79 Å².